The molecule has 0 saturated heterocycles. The van der Waals surface area contributed by atoms with E-state index in [1.54, 1.807) is 7.11 Å². The zero-order chi connectivity index (χ0) is 12.3. The summed E-state index contributed by atoms with van der Waals surface area (Å²) in [6.45, 7) is 4.93. The lowest BCUT2D eigenvalue weighted by Gasteiger charge is -2.07. The minimum absolute atomic E-state index is 0.465. The van der Waals surface area contributed by atoms with Gasteiger partial charge in [-0.2, -0.15) is 0 Å². The van der Waals surface area contributed by atoms with E-state index in [0.717, 1.165) is 23.3 Å². The first kappa shape index (κ1) is 11.9. The molecule has 1 N–H and O–H groups in total. The quantitative estimate of drug-likeness (QED) is 0.864. The number of methoxy groups -OCH3 is 1. The minimum atomic E-state index is 0.465. The predicted octanol–water partition coefficient (Wildman–Crippen LogP) is 2.72. The fourth-order valence-electron chi connectivity index (χ4n) is 1.62. The third-order valence-electron chi connectivity index (χ3n) is 2.86. The molecule has 0 aliphatic carbocycles. The van der Waals surface area contributed by atoms with Gasteiger partial charge in [-0.05, 0) is 25.5 Å². The molecule has 0 spiro atoms. The maximum absolute atomic E-state index is 5.65. The number of oxazole rings is 1. The number of hydrogen-bond donors (Lipinski definition) is 1. The van der Waals surface area contributed by atoms with E-state index in [-0.39, 0.29) is 0 Å². The van der Waals surface area contributed by atoms with Crippen molar-refractivity contribution < 1.29 is 9.15 Å². The van der Waals surface area contributed by atoms with E-state index in [2.05, 4.69) is 24.1 Å². The number of nitrogens with one attached hydrogen (secondary N) is 1. The number of aromatic nitrogens is 1. The van der Waals surface area contributed by atoms with Gasteiger partial charge in [0.1, 0.15) is 5.75 Å². The van der Waals surface area contributed by atoms with Gasteiger partial charge in [0.25, 0.3) is 0 Å². The Hall–Kier alpha value is -1.55. The first-order valence-corrected chi connectivity index (χ1v) is 5.90. The molecule has 0 bridgehead atoms. The molecule has 4 heteroatoms. The summed E-state index contributed by atoms with van der Waals surface area (Å²) in [7, 11) is 1.64. The van der Waals surface area contributed by atoms with Gasteiger partial charge in [0, 0.05) is 6.04 Å². The average molecular weight is 234 g/mol. The maximum atomic E-state index is 5.65. The fraction of sp³-hybridized carbons (Fsp3) is 0.462. The second-order valence-electron chi connectivity index (χ2n) is 4.10. The van der Waals surface area contributed by atoms with Crippen LogP contribution in [0, 0.1) is 0 Å². The monoisotopic (exact) mass is 234 g/mol. The molecule has 1 unspecified atom stereocenters. The Kier molecular flexibility index (Phi) is 3.64. The summed E-state index contributed by atoms with van der Waals surface area (Å²) in [5, 5.41) is 3.35. The summed E-state index contributed by atoms with van der Waals surface area (Å²) < 4.78 is 10.9. The number of ether oxygens (including phenoxy) is 1. The molecule has 0 aliphatic heterocycles. The molecule has 4 nitrogen and oxygen atoms in total. The zero-order valence-electron chi connectivity index (χ0n) is 10.5. The molecule has 92 valence electrons. The van der Waals surface area contributed by atoms with Crippen LogP contribution in [0.1, 0.15) is 26.2 Å². The standard InChI is InChI=1S/C13H18N2O2/c1-4-9(2)14-8-12-15-13-10(16-3)6-5-7-11(13)17-12/h5-7,9,14H,4,8H2,1-3H3. The average Bonchev–Trinajstić information content (AvgIpc) is 2.78. The van der Waals surface area contributed by atoms with Crippen molar-refractivity contribution in [3.63, 3.8) is 0 Å². The van der Waals surface area contributed by atoms with Crippen LogP contribution in [0.3, 0.4) is 0 Å². The smallest absolute Gasteiger partial charge is 0.209 e. The van der Waals surface area contributed by atoms with Crippen molar-refractivity contribution in [2.24, 2.45) is 0 Å². The lowest BCUT2D eigenvalue weighted by molar-refractivity contribution is 0.419. The molecule has 17 heavy (non-hydrogen) atoms. The normalized spacial score (nSPS) is 12.9. The van der Waals surface area contributed by atoms with Crippen LogP contribution in [0.15, 0.2) is 22.6 Å². The number of benzene rings is 1. The SMILES string of the molecule is CCC(C)NCc1nc2c(OC)cccc2o1. The molecule has 2 aromatic rings. The van der Waals surface area contributed by atoms with Crippen molar-refractivity contribution in [3.8, 4) is 5.75 Å². The van der Waals surface area contributed by atoms with Gasteiger partial charge < -0.3 is 14.5 Å². The molecule has 1 aromatic carbocycles. The maximum Gasteiger partial charge on any atom is 0.209 e. The lowest BCUT2D eigenvalue weighted by Crippen LogP contribution is -2.24. The Labute approximate surface area is 101 Å². The number of hydrogen-bond acceptors (Lipinski definition) is 4. The number of fused-ring (bicyclic) bond motifs is 1. The van der Waals surface area contributed by atoms with Gasteiger partial charge >= 0.3 is 0 Å². The molecule has 0 radical (unpaired) electrons. The summed E-state index contributed by atoms with van der Waals surface area (Å²) in [6, 6.07) is 6.15. The van der Waals surface area contributed by atoms with E-state index in [1.807, 2.05) is 18.2 Å². The predicted molar refractivity (Wildman–Crippen MR) is 67.2 cm³/mol. The van der Waals surface area contributed by atoms with Gasteiger partial charge in [0.2, 0.25) is 5.89 Å². The van der Waals surface area contributed by atoms with Crippen molar-refractivity contribution >= 4 is 11.1 Å². The summed E-state index contributed by atoms with van der Waals surface area (Å²) in [4.78, 5) is 4.44. The molecule has 1 heterocycles. The van der Waals surface area contributed by atoms with Crippen LogP contribution in [-0.4, -0.2) is 18.1 Å². The van der Waals surface area contributed by atoms with Gasteiger partial charge in [0.05, 0.1) is 13.7 Å². The number of rotatable bonds is 5. The summed E-state index contributed by atoms with van der Waals surface area (Å²) in [5.41, 5.74) is 1.56. The second-order valence-corrected chi connectivity index (χ2v) is 4.10. The van der Waals surface area contributed by atoms with Gasteiger partial charge in [-0.25, -0.2) is 4.98 Å². The highest BCUT2D eigenvalue weighted by Gasteiger charge is 2.10. The Morgan fingerprint density at radius 3 is 3.00 bits per heavy atom. The van der Waals surface area contributed by atoms with Crippen molar-refractivity contribution in [1.29, 1.82) is 0 Å². The summed E-state index contributed by atoms with van der Waals surface area (Å²) in [5.74, 6) is 1.45. The third-order valence-corrected chi connectivity index (χ3v) is 2.86. The van der Waals surface area contributed by atoms with Gasteiger partial charge in [-0.1, -0.05) is 13.0 Å². The highest BCUT2D eigenvalue weighted by molar-refractivity contribution is 5.79. The Balaban J connectivity index is 2.20. The highest BCUT2D eigenvalue weighted by Crippen LogP contribution is 2.25. The van der Waals surface area contributed by atoms with Crippen LogP contribution < -0.4 is 10.1 Å². The molecule has 2 rings (SSSR count). The van der Waals surface area contributed by atoms with Gasteiger partial charge in [-0.3, -0.25) is 0 Å². The molecule has 0 fully saturated rings. The van der Waals surface area contributed by atoms with Crippen molar-refractivity contribution in [2.45, 2.75) is 32.9 Å². The van der Waals surface area contributed by atoms with Gasteiger partial charge in [-0.15, -0.1) is 0 Å². The first-order valence-electron chi connectivity index (χ1n) is 5.90. The molecule has 0 amide bonds. The Morgan fingerprint density at radius 1 is 1.47 bits per heavy atom. The van der Waals surface area contributed by atoms with Crippen molar-refractivity contribution in [3.05, 3.63) is 24.1 Å². The summed E-state index contributed by atoms with van der Waals surface area (Å²) in [6.07, 6.45) is 1.09. The van der Waals surface area contributed by atoms with Crippen LogP contribution in [-0.2, 0) is 6.54 Å². The second kappa shape index (κ2) is 5.19. The summed E-state index contributed by atoms with van der Waals surface area (Å²) >= 11 is 0. The number of nitrogens with zero attached hydrogens (tertiary/aromatic N) is 1. The van der Waals surface area contributed by atoms with Crippen LogP contribution >= 0.6 is 0 Å². The Bertz CT molecular complexity index is 493. The molecular weight excluding hydrogens is 216 g/mol. The topological polar surface area (TPSA) is 47.3 Å². The third kappa shape index (κ3) is 2.58. The van der Waals surface area contributed by atoms with Crippen LogP contribution in [0.25, 0.3) is 11.1 Å². The van der Waals surface area contributed by atoms with E-state index in [9.17, 15) is 0 Å². The van der Waals surface area contributed by atoms with E-state index < -0.39 is 0 Å². The molecule has 0 aliphatic rings. The van der Waals surface area contributed by atoms with Crippen LogP contribution in [0.4, 0.5) is 0 Å². The van der Waals surface area contributed by atoms with E-state index in [4.69, 9.17) is 9.15 Å². The molecule has 1 aromatic heterocycles. The van der Waals surface area contributed by atoms with E-state index in [1.165, 1.54) is 0 Å². The first-order chi connectivity index (χ1) is 8.24. The molecule has 1 atom stereocenters. The van der Waals surface area contributed by atoms with Gasteiger partial charge in [0.15, 0.2) is 11.1 Å². The van der Waals surface area contributed by atoms with Crippen LogP contribution in [0.2, 0.25) is 0 Å². The van der Waals surface area contributed by atoms with E-state index >= 15 is 0 Å². The largest absolute Gasteiger partial charge is 0.494 e. The van der Waals surface area contributed by atoms with Crippen LogP contribution in [0.5, 0.6) is 5.75 Å². The fourth-order valence-corrected chi connectivity index (χ4v) is 1.62. The molecule has 0 saturated carbocycles. The van der Waals surface area contributed by atoms with E-state index in [0.29, 0.717) is 18.5 Å². The molecular formula is C13H18N2O2. The lowest BCUT2D eigenvalue weighted by atomic mass is 10.3. The van der Waals surface area contributed by atoms with Crippen molar-refractivity contribution in [2.75, 3.05) is 7.11 Å². The van der Waals surface area contributed by atoms with Crippen molar-refractivity contribution in [1.82, 2.24) is 10.3 Å². The zero-order valence-corrected chi connectivity index (χ0v) is 10.5. The number of para-hydroxylation sites is 1. The minimum Gasteiger partial charge on any atom is -0.494 e. The Morgan fingerprint density at radius 2 is 2.29 bits per heavy atom. The highest BCUT2D eigenvalue weighted by atomic mass is 16.5.